The van der Waals surface area contributed by atoms with E-state index in [1.54, 1.807) is 49.6 Å². The minimum atomic E-state index is -0.426. The zero-order valence-electron chi connectivity index (χ0n) is 13.4. The van der Waals surface area contributed by atoms with E-state index in [1.165, 1.54) is 13.3 Å². The molecule has 0 saturated heterocycles. The molecule has 7 nitrogen and oxygen atoms in total. The molecule has 2 rings (SSSR count). The Morgan fingerprint density at radius 2 is 1.83 bits per heavy atom. The Morgan fingerprint density at radius 1 is 1.12 bits per heavy atom. The third-order valence-electron chi connectivity index (χ3n) is 3.07. The summed E-state index contributed by atoms with van der Waals surface area (Å²) in [5.74, 6) is 1.10. The first kappa shape index (κ1) is 17.1. The van der Waals surface area contributed by atoms with Gasteiger partial charge in [0.1, 0.15) is 11.5 Å². The van der Waals surface area contributed by atoms with Gasteiger partial charge in [0.15, 0.2) is 18.1 Å². The maximum absolute atomic E-state index is 11.7. The SMILES string of the molecule is COc1ccc(OCC(=O)N/N=C/c2cccc(OC)c2O)cc1. The fourth-order valence-corrected chi connectivity index (χ4v) is 1.84. The Hall–Kier alpha value is -3.22. The second-order valence-corrected chi connectivity index (χ2v) is 4.66. The Balaban J connectivity index is 1.84. The van der Waals surface area contributed by atoms with Gasteiger partial charge in [-0.15, -0.1) is 0 Å². The number of hydrogen-bond acceptors (Lipinski definition) is 6. The smallest absolute Gasteiger partial charge is 0.277 e. The number of methoxy groups -OCH3 is 2. The molecular formula is C17H18N2O5. The summed E-state index contributed by atoms with van der Waals surface area (Å²) in [4.78, 5) is 11.7. The highest BCUT2D eigenvalue weighted by molar-refractivity contribution is 5.86. The van der Waals surface area contributed by atoms with Crippen LogP contribution in [0.1, 0.15) is 5.56 Å². The molecule has 2 aromatic rings. The number of benzene rings is 2. The minimum Gasteiger partial charge on any atom is -0.504 e. The summed E-state index contributed by atoms with van der Waals surface area (Å²) in [6.07, 6.45) is 1.32. The summed E-state index contributed by atoms with van der Waals surface area (Å²) < 4.78 is 15.3. The van der Waals surface area contributed by atoms with Crippen LogP contribution in [0.15, 0.2) is 47.6 Å². The average molecular weight is 330 g/mol. The van der Waals surface area contributed by atoms with E-state index in [-0.39, 0.29) is 12.4 Å². The molecular weight excluding hydrogens is 312 g/mol. The molecule has 1 amide bonds. The number of nitrogens with zero attached hydrogens (tertiary/aromatic N) is 1. The summed E-state index contributed by atoms with van der Waals surface area (Å²) in [6.45, 7) is -0.187. The van der Waals surface area contributed by atoms with Crippen LogP contribution in [0.25, 0.3) is 0 Å². The number of ether oxygens (including phenoxy) is 3. The van der Waals surface area contributed by atoms with Crippen molar-refractivity contribution >= 4 is 12.1 Å². The van der Waals surface area contributed by atoms with E-state index in [0.717, 1.165) is 0 Å². The number of phenols is 1. The first-order valence-corrected chi connectivity index (χ1v) is 7.08. The molecule has 0 radical (unpaired) electrons. The number of amides is 1. The van der Waals surface area contributed by atoms with Crippen LogP contribution in [0.5, 0.6) is 23.0 Å². The number of phenolic OH excluding ortho intramolecular Hbond substituents is 1. The van der Waals surface area contributed by atoms with Gasteiger partial charge in [-0.1, -0.05) is 6.07 Å². The van der Waals surface area contributed by atoms with Crippen LogP contribution >= 0.6 is 0 Å². The van der Waals surface area contributed by atoms with Crippen molar-refractivity contribution in [3.8, 4) is 23.0 Å². The highest BCUT2D eigenvalue weighted by atomic mass is 16.5. The van der Waals surface area contributed by atoms with Gasteiger partial charge in [0.2, 0.25) is 0 Å². The lowest BCUT2D eigenvalue weighted by Gasteiger charge is -2.06. The predicted molar refractivity (Wildman–Crippen MR) is 88.9 cm³/mol. The molecule has 24 heavy (non-hydrogen) atoms. The highest BCUT2D eigenvalue weighted by Gasteiger charge is 2.05. The van der Waals surface area contributed by atoms with Crippen molar-refractivity contribution in [2.45, 2.75) is 0 Å². The second-order valence-electron chi connectivity index (χ2n) is 4.66. The van der Waals surface area contributed by atoms with Crippen LogP contribution in [-0.2, 0) is 4.79 Å². The molecule has 0 saturated carbocycles. The lowest BCUT2D eigenvalue weighted by molar-refractivity contribution is -0.123. The maximum atomic E-state index is 11.7. The number of para-hydroxylation sites is 1. The zero-order valence-corrected chi connectivity index (χ0v) is 13.4. The Labute approximate surface area is 139 Å². The molecule has 0 atom stereocenters. The van der Waals surface area contributed by atoms with Crippen LogP contribution in [0.2, 0.25) is 0 Å². The van der Waals surface area contributed by atoms with E-state index in [4.69, 9.17) is 14.2 Å². The van der Waals surface area contributed by atoms with E-state index in [0.29, 0.717) is 22.8 Å². The zero-order chi connectivity index (χ0) is 17.4. The van der Waals surface area contributed by atoms with Crippen LogP contribution in [0.3, 0.4) is 0 Å². The molecule has 0 aliphatic carbocycles. The first-order valence-electron chi connectivity index (χ1n) is 7.08. The third-order valence-corrected chi connectivity index (χ3v) is 3.07. The van der Waals surface area contributed by atoms with Gasteiger partial charge in [-0.2, -0.15) is 5.10 Å². The van der Waals surface area contributed by atoms with Gasteiger partial charge in [-0.3, -0.25) is 4.79 Å². The molecule has 7 heteroatoms. The topological polar surface area (TPSA) is 89.4 Å². The van der Waals surface area contributed by atoms with Gasteiger partial charge in [0.25, 0.3) is 5.91 Å². The number of carbonyl (C=O) groups excluding carboxylic acids is 1. The predicted octanol–water partition coefficient (Wildman–Crippen LogP) is 1.94. The van der Waals surface area contributed by atoms with Crippen LogP contribution in [0, 0.1) is 0 Å². The molecule has 0 spiro atoms. The maximum Gasteiger partial charge on any atom is 0.277 e. The van der Waals surface area contributed by atoms with Gasteiger partial charge >= 0.3 is 0 Å². The van der Waals surface area contributed by atoms with Crippen molar-refractivity contribution in [1.29, 1.82) is 0 Å². The fourth-order valence-electron chi connectivity index (χ4n) is 1.84. The Kier molecular flexibility index (Phi) is 6.01. The first-order chi connectivity index (χ1) is 11.6. The number of rotatable bonds is 7. The number of hydrazone groups is 1. The molecule has 126 valence electrons. The van der Waals surface area contributed by atoms with Gasteiger partial charge < -0.3 is 19.3 Å². The van der Waals surface area contributed by atoms with E-state index in [1.807, 2.05) is 0 Å². The van der Waals surface area contributed by atoms with Crippen LogP contribution in [0.4, 0.5) is 0 Å². The quantitative estimate of drug-likeness (QED) is 0.598. The summed E-state index contributed by atoms with van der Waals surface area (Å²) in [5.41, 5.74) is 2.74. The van der Waals surface area contributed by atoms with Crippen molar-refractivity contribution in [2.24, 2.45) is 5.10 Å². The van der Waals surface area contributed by atoms with Gasteiger partial charge in [0, 0.05) is 5.56 Å². The number of hydrogen-bond donors (Lipinski definition) is 2. The van der Waals surface area contributed by atoms with Crippen molar-refractivity contribution in [2.75, 3.05) is 20.8 Å². The summed E-state index contributed by atoms with van der Waals surface area (Å²) in [5, 5.41) is 13.7. The molecule has 0 aliphatic rings. The van der Waals surface area contributed by atoms with Crippen molar-refractivity contribution in [3.63, 3.8) is 0 Å². The molecule has 0 unspecified atom stereocenters. The lowest BCUT2D eigenvalue weighted by Crippen LogP contribution is -2.24. The van der Waals surface area contributed by atoms with Gasteiger partial charge in [-0.25, -0.2) is 5.43 Å². The van der Waals surface area contributed by atoms with Crippen molar-refractivity contribution in [3.05, 3.63) is 48.0 Å². The molecule has 0 bridgehead atoms. The highest BCUT2D eigenvalue weighted by Crippen LogP contribution is 2.27. The minimum absolute atomic E-state index is 0.0486. The summed E-state index contributed by atoms with van der Waals surface area (Å²) in [6, 6.07) is 11.8. The largest absolute Gasteiger partial charge is 0.504 e. The molecule has 0 aliphatic heterocycles. The fraction of sp³-hybridized carbons (Fsp3) is 0.176. The monoisotopic (exact) mass is 330 g/mol. The van der Waals surface area contributed by atoms with Gasteiger partial charge in [0.05, 0.1) is 20.4 Å². The van der Waals surface area contributed by atoms with E-state index in [2.05, 4.69) is 10.5 Å². The molecule has 0 heterocycles. The third kappa shape index (κ3) is 4.64. The van der Waals surface area contributed by atoms with Crippen molar-refractivity contribution in [1.82, 2.24) is 5.43 Å². The molecule has 2 aromatic carbocycles. The normalized spacial score (nSPS) is 10.4. The molecule has 0 aromatic heterocycles. The molecule has 2 N–H and O–H groups in total. The standard InChI is InChI=1S/C17H18N2O5/c1-22-13-6-8-14(9-7-13)24-11-16(20)19-18-10-12-4-3-5-15(23-2)17(12)21/h3-10,21H,11H2,1-2H3,(H,19,20)/b18-10+. The number of nitrogens with one attached hydrogen (secondary N) is 1. The van der Waals surface area contributed by atoms with Crippen molar-refractivity contribution < 1.29 is 24.1 Å². The van der Waals surface area contributed by atoms with E-state index < -0.39 is 5.91 Å². The Bertz CT molecular complexity index is 713. The van der Waals surface area contributed by atoms with E-state index >= 15 is 0 Å². The summed E-state index contributed by atoms with van der Waals surface area (Å²) in [7, 11) is 3.02. The van der Waals surface area contributed by atoms with E-state index in [9.17, 15) is 9.90 Å². The lowest BCUT2D eigenvalue weighted by atomic mass is 10.2. The van der Waals surface area contributed by atoms with Gasteiger partial charge in [-0.05, 0) is 36.4 Å². The average Bonchev–Trinajstić information content (AvgIpc) is 2.62. The summed E-state index contributed by atoms with van der Waals surface area (Å²) >= 11 is 0. The molecule has 0 fully saturated rings. The Morgan fingerprint density at radius 3 is 2.50 bits per heavy atom. The van der Waals surface area contributed by atoms with Crippen LogP contribution in [-0.4, -0.2) is 38.1 Å². The number of carbonyl (C=O) groups is 1. The number of aromatic hydroxyl groups is 1. The second kappa shape index (κ2) is 8.42. The van der Waals surface area contributed by atoms with Crippen LogP contribution < -0.4 is 19.6 Å².